The fraction of sp³-hybridized carbons (Fsp3) is 0.364. The summed E-state index contributed by atoms with van der Waals surface area (Å²) in [4.78, 5) is 10.0. The number of hydrogen-bond acceptors (Lipinski definition) is 2. The molecule has 0 N–H and O–H groups in total. The molecule has 0 fully saturated rings. The molecule has 1 atom stereocenters. The molecule has 0 aliphatic rings. The second-order valence-corrected chi connectivity index (χ2v) is 2.88. The van der Waals surface area contributed by atoms with E-state index in [0.717, 1.165) is 11.8 Å². The van der Waals surface area contributed by atoms with Crippen LogP contribution >= 0.6 is 0 Å². The standard InChI is InChI=1S/C11H14O2/c1-10(13-9-5-8-12)11-6-3-2-4-7-11/h2-4,6-8,10H,5,9H2,1H3. The van der Waals surface area contributed by atoms with Crippen LogP contribution in [-0.4, -0.2) is 12.9 Å². The first-order valence-corrected chi connectivity index (χ1v) is 4.45. The van der Waals surface area contributed by atoms with Crippen LogP contribution in [-0.2, 0) is 9.53 Å². The topological polar surface area (TPSA) is 26.3 Å². The van der Waals surface area contributed by atoms with Gasteiger partial charge in [0.2, 0.25) is 0 Å². The number of ether oxygens (including phenoxy) is 1. The van der Waals surface area contributed by atoms with E-state index in [0.29, 0.717) is 13.0 Å². The number of carbonyl (C=O) groups excluding carboxylic acids is 1. The van der Waals surface area contributed by atoms with E-state index in [1.54, 1.807) is 0 Å². The summed E-state index contributed by atoms with van der Waals surface area (Å²) in [5, 5.41) is 0. The molecule has 1 unspecified atom stereocenters. The third-order valence-electron chi connectivity index (χ3n) is 1.87. The second kappa shape index (κ2) is 5.49. The first kappa shape index (κ1) is 9.93. The van der Waals surface area contributed by atoms with Gasteiger partial charge in [-0.15, -0.1) is 0 Å². The van der Waals surface area contributed by atoms with Gasteiger partial charge in [-0.1, -0.05) is 30.3 Å². The van der Waals surface area contributed by atoms with E-state index < -0.39 is 0 Å². The summed E-state index contributed by atoms with van der Waals surface area (Å²) in [6, 6.07) is 9.97. The summed E-state index contributed by atoms with van der Waals surface area (Å²) in [7, 11) is 0. The van der Waals surface area contributed by atoms with Crippen LogP contribution in [0.4, 0.5) is 0 Å². The Balaban J connectivity index is 2.39. The van der Waals surface area contributed by atoms with Crippen molar-refractivity contribution in [1.29, 1.82) is 0 Å². The minimum absolute atomic E-state index is 0.0705. The van der Waals surface area contributed by atoms with Gasteiger partial charge in [0, 0.05) is 6.42 Å². The highest BCUT2D eigenvalue weighted by atomic mass is 16.5. The lowest BCUT2D eigenvalue weighted by atomic mass is 10.1. The zero-order chi connectivity index (χ0) is 9.52. The van der Waals surface area contributed by atoms with E-state index in [9.17, 15) is 4.79 Å². The highest BCUT2D eigenvalue weighted by molar-refractivity contribution is 5.49. The highest BCUT2D eigenvalue weighted by Gasteiger charge is 2.03. The Hall–Kier alpha value is -1.15. The average Bonchev–Trinajstić information content (AvgIpc) is 2.19. The van der Waals surface area contributed by atoms with Crippen molar-refractivity contribution in [3.63, 3.8) is 0 Å². The highest BCUT2D eigenvalue weighted by Crippen LogP contribution is 2.15. The summed E-state index contributed by atoms with van der Waals surface area (Å²) < 4.78 is 5.44. The average molecular weight is 178 g/mol. The Bertz CT molecular complexity index is 244. The van der Waals surface area contributed by atoms with E-state index in [1.165, 1.54) is 0 Å². The number of hydrogen-bond donors (Lipinski definition) is 0. The van der Waals surface area contributed by atoms with Gasteiger partial charge >= 0.3 is 0 Å². The molecule has 0 saturated heterocycles. The van der Waals surface area contributed by atoms with Crippen molar-refractivity contribution in [1.82, 2.24) is 0 Å². The lowest BCUT2D eigenvalue weighted by Gasteiger charge is -2.11. The molecule has 0 radical (unpaired) electrons. The number of carbonyl (C=O) groups is 1. The van der Waals surface area contributed by atoms with Gasteiger partial charge in [0.1, 0.15) is 6.29 Å². The van der Waals surface area contributed by atoms with E-state index in [1.807, 2.05) is 37.3 Å². The molecule has 70 valence electrons. The molecule has 1 aromatic rings. The van der Waals surface area contributed by atoms with Crippen LogP contribution in [0.15, 0.2) is 30.3 Å². The van der Waals surface area contributed by atoms with Gasteiger partial charge in [-0.2, -0.15) is 0 Å². The molecule has 13 heavy (non-hydrogen) atoms. The van der Waals surface area contributed by atoms with Crippen molar-refractivity contribution in [2.75, 3.05) is 6.61 Å². The molecule has 1 aromatic carbocycles. The zero-order valence-corrected chi connectivity index (χ0v) is 7.77. The van der Waals surface area contributed by atoms with Crippen molar-refractivity contribution in [2.45, 2.75) is 19.4 Å². The lowest BCUT2D eigenvalue weighted by Crippen LogP contribution is -2.01. The number of benzene rings is 1. The summed E-state index contributed by atoms with van der Waals surface area (Å²) in [5.41, 5.74) is 1.15. The van der Waals surface area contributed by atoms with Gasteiger partial charge < -0.3 is 9.53 Å². The molecular weight excluding hydrogens is 164 g/mol. The van der Waals surface area contributed by atoms with Gasteiger partial charge in [-0.05, 0) is 12.5 Å². The molecule has 0 aromatic heterocycles. The Morgan fingerprint density at radius 3 is 2.69 bits per heavy atom. The van der Waals surface area contributed by atoms with Crippen LogP contribution in [0.2, 0.25) is 0 Å². The van der Waals surface area contributed by atoms with Crippen LogP contribution in [0.1, 0.15) is 25.0 Å². The molecule has 0 heterocycles. The Morgan fingerprint density at radius 2 is 2.08 bits per heavy atom. The summed E-state index contributed by atoms with van der Waals surface area (Å²) in [6.45, 7) is 2.49. The monoisotopic (exact) mass is 178 g/mol. The van der Waals surface area contributed by atoms with Gasteiger partial charge in [0.05, 0.1) is 12.7 Å². The van der Waals surface area contributed by atoms with Gasteiger partial charge in [-0.25, -0.2) is 0 Å². The molecule has 0 spiro atoms. The molecule has 0 aliphatic heterocycles. The van der Waals surface area contributed by atoms with E-state index in [2.05, 4.69) is 0 Å². The second-order valence-electron chi connectivity index (χ2n) is 2.88. The maximum Gasteiger partial charge on any atom is 0.122 e. The third kappa shape index (κ3) is 3.38. The van der Waals surface area contributed by atoms with E-state index in [-0.39, 0.29) is 6.10 Å². The normalized spacial score (nSPS) is 12.4. The SMILES string of the molecule is CC(OCCC=O)c1ccccc1. The lowest BCUT2D eigenvalue weighted by molar-refractivity contribution is -0.109. The van der Waals surface area contributed by atoms with Crippen molar-refractivity contribution in [3.8, 4) is 0 Å². The minimum atomic E-state index is 0.0705. The Morgan fingerprint density at radius 1 is 1.38 bits per heavy atom. The predicted molar refractivity (Wildman–Crippen MR) is 51.5 cm³/mol. The molecule has 2 heteroatoms. The fourth-order valence-corrected chi connectivity index (χ4v) is 1.11. The van der Waals surface area contributed by atoms with E-state index >= 15 is 0 Å². The van der Waals surface area contributed by atoms with Crippen LogP contribution < -0.4 is 0 Å². The first-order valence-electron chi connectivity index (χ1n) is 4.45. The quantitative estimate of drug-likeness (QED) is 0.511. The van der Waals surface area contributed by atoms with Crippen LogP contribution in [0.25, 0.3) is 0 Å². The minimum Gasteiger partial charge on any atom is -0.373 e. The molecule has 0 bridgehead atoms. The number of aldehydes is 1. The Labute approximate surface area is 78.5 Å². The van der Waals surface area contributed by atoms with Crippen LogP contribution in [0, 0.1) is 0 Å². The maximum absolute atomic E-state index is 10.0. The predicted octanol–water partition coefficient (Wildman–Crippen LogP) is 2.35. The number of rotatable bonds is 5. The molecule has 1 rings (SSSR count). The van der Waals surface area contributed by atoms with Crippen molar-refractivity contribution < 1.29 is 9.53 Å². The molecule has 0 aliphatic carbocycles. The van der Waals surface area contributed by atoms with Gasteiger partial charge in [0.25, 0.3) is 0 Å². The largest absolute Gasteiger partial charge is 0.373 e. The zero-order valence-electron chi connectivity index (χ0n) is 7.77. The molecule has 0 saturated carbocycles. The first-order chi connectivity index (χ1) is 6.34. The molecule has 2 nitrogen and oxygen atoms in total. The summed E-state index contributed by atoms with van der Waals surface area (Å²) in [5.74, 6) is 0. The maximum atomic E-state index is 10.0. The third-order valence-corrected chi connectivity index (χ3v) is 1.87. The summed E-state index contributed by atoms with van der Waals surface area (Å²) in [6.07, 6.45) is 1.41. The van der Waals surface area contributed by atoms with Gasteiger partial charge in [0.15, 0.2) is 0 Å². The van der Waals surface area contributed by atoms with Crippen molar-refractivity contribution >= 4 is 6.29 Å². The smallest absolute Gasteiger partial charge is 0.122 e. The van der Waals surface area contributed by atoms with Crippen molar-refractivity contribution in [2.24, 2.45) is 0 Å². The Kier molecular flexibility index (Phi) is 4.19. The summed E-state index contributed by atoms with van der Waals surface area (Å²) >= 11 is 0. The van der Waals surface area contributed by atoms with Crippen LogP contribution in [0.3, 0.4) is 0 Å². The van der Waals surface area contributed by atoms with Crippen LogP contribution in [0.5, 0.6) is 0 Å². The van der Waals surface area contributed by atoms with E-state index in [4.69, 9.17) is 4.74 Å². The molecular formula is C11H14O2. The van der Waals surface area contributed by atoms with Crippen molar-refractivity contribution in [3.05, 3.63) is 35.9 Å². The van der Waals surface area contributed by atoms with Gasteiger partial charge in [-0.3, -0.25) is 0 Å². The fourth-order valence-electron chi connectivity index (χ4n) is 1.11. The molecule has 0 amide bonds.